The van der Waals surface area contributed by atoms with Gasteiger partial charge in [0.25, 0.3) is 5.91 Å². The maximum absolute atomic E-state index is 12.9. The van der Waals surface area contributed by atoms with Crippen molar-refractivity contribution in [1.82, 2.24) is 15.6 Å². The summed E-state index contributed by atoms with van der Waals surface area (Å²) in [5.74, 6) is -0.313. The molecule has 0 bridgehead atoms. The Balaban J connectivity index is 1.65. The van der Waals surface area contributed by atoms with Gasteiger partial charge in [-0.25, -0.2) is 0 Å². The van der Waals surface area contributed by atoms with Crippen molar-refractivity contribution in [3.05, 3.63) is 53.7 Å². The molecule has 0 aliphatic heterocycles. The summed E-state index contributed by atoms with van der Waals surface area (Å²) in [6.07, 6.45) is 4.02. The van der Waals surface area contributed by atoms with Crippen molar-refractivity contribution in [2.45, 2.75) is 65.0 Å². The molecule has 0 spiro atoms. The van der Waals surface area contributed by atoms with E-state index in [4.69, 9.17) is 0 Å². The van der Waals surface area contributed by atoms with Crippen molar-refractivity contribution < 1.29 is 9.59 Å². The van der Waals surface area contributed by atoms with Crippen LogP contribution < -0.4 is 10.6 Å². The first-order valence-corrected chi connectivity index (χ1v) is 11.4. The number of hydrogen-bond donors (Lipinski definition) is 2. The van der Waals surface area contributed by atoms with Gasteiger partial charge in [0.05, 0.1) is 17.7 Å². The van der Waals surface area contributed by atoms with Crippen LogP contribution in [0.4, 0.5) is 0 Å². The van der Waals surface area contributed by atoms with Crippen LogP contribution in [0.2, 0.25) is 0 Å². The Bertz CT molecular complexity index is 978. The van der Waals surface area contributed by atoms with Crippen molar-refractivity contribution in [2.75, 3.05) is 0 Å². The molecule has 3 atom stereocenters. The van der Waals surface area contributed by atoms with E-state index in [1.165, 1.54) is 0 Å². The molecule has 2 amide bonds. The van der Waals surface area contributed by atoms with Gasteiger partial charge in [-0.15, -0.1) is 0 Å². The lowest BCUT2D eigenvalue weighted by atomic mass is 9.83. The molecule has 2 aromatic rings. The monoisotopic (exact) mass is 432 g/mol. The number of aryl methyl sites for hydroxylation is 1. The highest BCUT2D eigenvalue weighted by molar-refractivity contribution is 5.95. The molecular weight excluding hydrogens is 400 g/mol. The fourth-order valence-electron chi connectivity index (χ4n) is 4.26. The molecule has 2 N–H and O–H groups in total. The number of rotatable bonds is 7. The predicted octanol–water partition coefficient (Wildman–Crippen LogP) is 4.40. The van der Waals surface area contributed by atoms with Crippen LogP contribution in [0, 0.1) is 30.1 Å². The van der Waals surface area contributed by atoms with E-state index in [-0.39, 0.29) is 23.8 Å². The van der Waals surface area contributed by atoms with Crippen molar-refractivity contribution in [3.63, 3.8) is 0 Å². The van der Waals surface area contributed by atoms with E-state index in [9.17, 15) is 14.9 Å². The second kappa shape index (κ2) is 10.9. The van der Waals surface area contributed by atoms with Crippen LogP contribution in [-0.2, 0) is 4.79 Å². The van der Waals surface area contributed by atoms with E-state index >= 15 is 0 Å². The molecule has 0 saturated heterocycles. The van der Waals surface area contributed by atoms with Gasteiger partial charge >= 0.3 is 0 Å². The molecular formula is C26H32N4O2. The topological polar surface area (TPSA) is 94.9 Å². The van der Waals surface area contributed by atoms with Crippen LogP contribution in [0.25, 0.3) is 11.3 Å². The van der Waals surface area contributed by atoms with E-state index in [0.717, 1.165) is 36.2 Å². The van der Waals surface area contributed by atoms with Crippen LogP contribution in [0.15, 0.2) is 42.5 Å². The molecule has 1 aliphatic carbocycles. The number of pyridine rings is 1. The van der Waals surface area contributed by atoms with Gasteiger partial charge in [-0.3, -0.25) is 14.6 Å². The number of hydrogen-bond acceptors (Lipinski definition) is 4. The predicted molar refractivity (Wildman–Crippen MR) is 125 cm³/mol. The van der Waals surface area contributed by atoms with Crippen molar-refractivity contribution >= 4 is 11.8 Å². The summed E-state index contributed by atoms with van der Waals surface area (Å²) in [7, 11) is 0. The lowest BCUT2D eigenvalue weighted by molar-refractivity contribution is -0.127. The Kier molecular flexibility index (Phi) is 7.99. The van der Waals surface area contributed by atoms with Crippen LogP contribution in [0.1, 0.15) is 62.0 Å². The van der Waals surface area contributed by atoms with Gasteiger partial charge in [-0.1, -0.05) is 44.9 Å². The SMILES string of the molecule is Cc1cccc(-c2ccc(C(=O)N[C@H]3CCCC[C@H]3C(=O)N[C@H](C#N)CC(C)C)cc2)n1. The number of nitrogens with zero attached hydrogens (tertiary/aromatic N) is 2. The van der Waals surface area contributed by atoms with Gasteiger partial charge in [0.2, 0.25) is 5.91 Å². The van der Waals surface area contributed by atoms with E-state index < -0.39 is 6.04 Å². The summed E-state index contributed by atoms with van der Waals surface area (Å²) in [6.45, 7) is 6.00. The molecule has 1 aliphatic rings. The molecule has 1 saturated carbocycles. The number of carbonyl (C=O) groups is 2. The summed E-state index contributed by atoms with van der Waals surface area (Å²) in [4.78, 5) is 30.3. The number of nitrogens with one attached hydrogen (secondary N) is 2. The summed E-state index contributed by atoms with van der Waals surface area (Å²) in [5, 5.41) is 15.3. The second-order valence-electron chi connectivity index (χ2n) is 9.03. The number of nitriles is 1. The number of carbonyl (C=O) groups excluding carboxylic acids is 2. The third-order valence-electron chi connectivity index (χ3n) is 5.93. The normalized spacial score (nSPS) is 19.1. The highest BCUT2D eigenvalue weighted by Crippen LogP contribution is 2.26. The zero-order valence-corrected chi connectivity index (χ0v) is 19.1. The van der Waals surface area contributed by atoms with Crippen LogP contribution >= 0.6 is 0 Å². The molecule has 1 aromatic heterocycles. The largest absolute Gasteiger partial charge is 0.349 e. The quantitative estimate of drug-likeness (QED) is 0.678. The Hall–Kier alpha value is -3.20. The summed E-state index contributed by atoms with van der Waals surface area (Å²) >= 11 is 0. The molecule has 6 nitrogen and oxygen atoms in total. The van der Waals surface area contributed by atoms with E-state index in [1.54, 1.807) is 12.1 Å². The third kappa shape index (κ3) is 6.16. The van der Waals surface area contributed by atoms with E-state index in [0.29, 0.717) is 24.3 Å². The van der Waals surface area contributed by atoms with Crippen molar-refractivity contribution in [2.24, 2.45) is 11.8 Å². The minimum atomic E-state index is -0.497. The first-order chi connectivity index (χ1) is 15.4. The van der Waals surface area contributed by atoms with Gasteiger partial charge < -0.3 is 10.6 Å². The Morgan fingerprint density at radius 1 is 1.12 bits per heavy atom. The lowest BCUT2D eigenvalue weighted by Crippen LogP contribution is -2.50. The zero-order chi connectivity index (χ0) is 23.1. The fraction of sp³-hybridized carbons (Fsp3) is 0.462. The van der Waals surface area contributed by atoms with Gasteiger partial charge in [0.1, 0.15) is 6.04 Å². The smallest absolute Gasteiger partial charge is 0.251 e. The third-order valence-corrected chi connectivity index (χ3v) is 5.93. The first kappa shape index (κ1) is 23.5. The van der Waals surface area contributed by atoms with Crippen molar-refractivity contribution in [1.29, 1.82) is 5.26 Å². The minimum absolute atomic E-state index is 0.136. The van der Waals surface area contributed by atoms with E-state index in [2.05, 4.69) is 21.7 Å². The van der Waals surface area contributed by atoms with Crippen LogP contribution in [0.3, 0.4) is 0 Å². The number of amides is 2. The fourth-order valence-corrected chi connectivity index (χ4v) is 4.26. The molecule has 0 unspecified atom stereocenters. The Morgan fingerprint density at radius 2 is 1.84 bits per heavy atom. The van der Waals surface area contributed by atoms with Gasteiger partial charge in [-0.2, -0.15) is 5.26 Å². The minimum Gasteiger partial charge on any atom is -0.349 e. The summed E-state index contributed by atoms with van der Waals surface area (Å²) in [5.41, 5.74) is 3.32. The van der Waals surface area contributed by atoms with Crippen molar-refractivity contribution in [3.8, 4) is 17.3 Å². The lowest BCUT2D eigenvalue weighted by Gasteiger charge is -2.32. The number of benzene rings is 1. The maximum Gasteiger partial charge on any atom is 0.251 e. The highest BCUT2D eigenvalue weighted by Gasteiger charge is 2.33. The van der Waals surface area contributed by atoms with E-state index in [1.807, 2.05) is 51.1 Å². The molecule has 1 aromatic carbocycles. The molecule has 6 heteroatoms. The molecule has 168 valence electrons. The van der Waals surface area contributed by atoms with Gasteiger partial charge in [0, 0.05) is 22.9 Å². The molecule has 3 rings (SSSR count). The average molecular weight is 433 g/mol. The average Bonchev–Trinajstić information content (AvgIpc) is 2.78. The molecule has 1 fully saturated rings. The van der Waals surface area contributed by atoms with Crippen LogP contribution in [-0.4, -0.2) is 28.9 Å². The van der Waals surface area contributed by atoms with Gasteiger partial charge in [-0.05, 0) is 56.4 Å². The van der Waals surface area contributed by atoms with Crippen LogP contribution in [0.5, 0.6) is 0 Å². The molecule has 1 heterocycles. The second-order valence-corrected chi connectivity index (χ2v) is 9.03. The summed E-state index contributed by atoms with van der Waals surface area (Å²) in [6, 6.07) is 14.7. The number of aromatic nitrogens is 1. The molecule has 32 heavy (non-hydrogen) atoms. The Labute approximate surface area is 190 Å². The standard InChI is InChI=1S/C26H32N4O2/c1-17(2)15-21(16-27)29-26(32)22-8-4-5-9-24(22)30-25(31)20-13-11-19(12-14-20)23-10-6-7-18(3)28-23/h6-7,10-14,17,21-22,24H,4-5,8-9,15H2,1-3H3,(H,29,32)(H,30,31)/t21-,22+,24-/m0/s1. The maximum atomic E-state index is 12.9. The highest BCUT2D eigenvalue weighted by atomic mass is 16.2. The van der Waals surface area contributed by atoms with Gasteiger partial charge in [0.15, 0.2) is 0 Å². The first-order valence-electron chi connectivity index (χ1n) is 11.4. The molecule has 0 radical (unpaired) electrons. The zero-order valence-electron chi connectivity index (χ0n) is 19.1. The Morgan fingerprint density at radius 3 is 2.50 bits per heavy atom. The summed E-state index contributed by atoms with van der Waals surface area (Å²) < 4.78 is 0.